The number of thiazole rings is 1. The van der Waals surface area contributed by atoms with E-state index in [0.717, 1.165) is 22.1 Å². The lowest BCUT2D eigenvalue weighted by Crippen LogP contribution is -2.05. The van der Waals surface area contributed by atoms with Crippen LogP contribution in [0.1, 0.15) is 18.5 Å². The first-order valence-electron chi connectivity index (χ1n) is 7.18. The second-order valence-electron chi connectivity index (χ2n) is 5.01. The van der Waals surface area contributed by atoms with E-state index in [1.807, 2.05) is 30.3 Å². The van der Waals surface area contributed by atoms with Crippen molar-refractivity contribution in [2.75, 3.05) is 12.4 Å². The first kappa shape index (κ1) is 14.6. The minimum absolute atomic E-state index is 0.220. The van der Waals surface area contributed by atoms with Gasteiger partial charge in [-0.15, -0.1) is 11.3 Å². The average Bonchev–Trinajstić information content (AvgIpc) is 3.04. The molecule has 0 aliphatic heterocycles. The zero-order valence-electron chi connectivity index (χ0n) is 12.6. The van der Waals surface area contributed by atoms with Crippen LogP contribution in [0, 0.1) is 0 Å². The highest BCUT2D eigenvalue weighted by atomic mass is 32.1. The van der Waals surface area contributed by atoms with Crippen LogP contribution in [0.5, 0.6) is 5.75 Å². The topological polar surface area (TPSA) is 34.1 Å². The molecule has 0 saturated carbocycles. The molecule has 3 nitrogen and oxygen atoms in total. The highest BCUT2D eigenvalue weighted by Gasteiger charge is 2.11. The Labute approximate surface area is 134 Å². The Kier molecular flexibility index (Phi) is 4.39. The van der Waals surface area contributed by atoms with Crippen LogP contribution in [0.4, 0.5) is 5.13 Å². The maximum absolute atomic E-state index is 5.40. The van der Waals surface area contributed by atoms with Gasteiger partial charge in [0.25, 0.3) is 0 Å². The number of rotatable bonds is 5. The number of hydrogen-bond donors (Lipinski definition) is 1. The fourth-order valence-corrected chi connectivity index (χ4v) is 3.13. The number of aromatic nitrogens is 1. The molecule has 0 radical (unpaired) electrons. The van der Waals surface area contributed by atoms with Gasteiger partial charge in [0.1, 0.15) is 5.75 Å². The molecule has 112 valence electrons. The normalized spacial score (nSPS) is 11.9. The maximum atomic E-state index is 5.40. The zero-order valence-corrected chi connectivity index (χ0v) is 13.4. The first-order valence-corrected chi connectivity index (χ1v) is 8.06. The number of para-hydroxylation sites is 1. The van der Waals surface area contributed by atoms with Crippen molar-refractivity contribution in [2.45, 2.75) is 13.0 Å². The summed E-state index contributed by atoms with van der Waals surface area (Å²) in [6, 6.07) is 18.5. The van der Waals surface area contributed by atoms with E-state index < -0.39 is 0 Å². The Morgan fingerprint density at radius 1 is 1.05 bits per heavy atom. The molecule has 2 aromatic carbocycles. The minimum Gasteiger partial charge on any atom is -0.496 e. The third-order valence-corrected chi connectivity index (χ3v) is 4.30. The van der Waals surface area contributed by atoms with Crippen LogP contribution >= 0.6 is 11.3 Å². The lowest BCUT2D eigenvalue weighted by Gasteiger charge is -2.12. The summed E-state index contributed by atoms with van der Waals surface area (Å²) in [5.74, 6) is 0.843. The molecule has 0 saturated heterocycles. The van der Waals surface area contributed by atoms with Crippen molar-refractivity contribution in [1.82, 2.24) is 4.98 Å². The van der Waals surface area contributed by atoms with Gasteiger partial charge in [-0.25, -0.2) is 4.98 Å². The Morgan fingerprint density at radius 3 is 2.55 bits per heavy atom. The molecule has 0 fully saturated rings. The second kappa shape index (κ2) is 6.62. The molecule has 0 amide bonds. The summed E-state index contributed by atoms with van der Waals surface area (Å²) in [7, 11) is 1.68. The summed E-state index contributed by atoms with van der Waals surface area (Å²) in [6.45, 7) is 2.14. The molecular weight excluding hydrogens is 292 g/mol. The third kappa shape index (κ3) is 3.12. The molecule has 1 atom stereocenters. The van der Waals surface area contributed by atoms with E-state index in [1.54, 1.807) is 18.4 Å². The Morgan fingerprint density at radius 2 is 1.77 bits per heavy atom. The van der Waals surface area contributed by atoms with Gasteiger partial charge in [0.2, 0.25) is 0 Å². The number of ether oxygens (including phenoxy) is 1. The summed E-state index contributed by atoms with van der Waals surface area (Å²) in [5.41, 5.74) is 3.20. The highest BCUT2D eigenvalue weighted by molar-refractivity contribution is 7.14. The summed E-state index contributed by atoms with van der Waals surface area (Å²) in [5, 5.41) is 6.42. The monoisotopic (exact) mass is 310 g/mol. The number of nitrogens with one attached hydrogen (secondary N) is 1. The minimum atomic E-state index is 0.220. The third-order valence-electron chi connectivity index (χ3n) is 3.53. The van der Waals surface area contributed by atoms with E-state index in [1.165, 1.54) is 5.56 Å². The van der Waals surface area contributed by atoms with E-state index in [4.69, 9.17) is 4.74 Å². The summed E-state index contributed by atoms with van der Waals surface area (Å²) < 4.78 is 5.40. The first-order chi connectivity index (χ1) is 10.8. The zero-order chi connectivity index (χ0) is 15.4. The van der Waals surface area contributed by atoms with Crippen molar-refractivity contribution in [2.24, 2.45) is 0 Å². The molecule has 22 heavy (non-hydrogen) atoms. The van der Waals surface area contributed by atoms with E-state index in [9.17, 15) is 0 Å². The maximum Gasteiger partial charge on any atom is 0.183 e. The number of hydrogen-bond acceptors (Lipinski definition) is 4. The van der Waals surface area contributed by atoms with Crippen LogP contribution in [-0.4, -0.2) is 12.1 Å². The number of benzene rings is 2. The highest BCUT2D eigenvalue weighted by Crippen LogP contribution is 2.32. The SMILES string of the molecule is COc1ccccc1-c1csc(N[C@@H](C)c2ccccc2)n1. The van der Waals surface area contributed by atoms with Gasteiger partial charge in [-0.3, -0.25) is 0 Å². The van der Waals surface area contributed by atoms with Crippen molar-refractivity contribution in [1.29, 1.82) is 0 Å². The van der Waals surface area contributed by atoms with Crippen molar-refractivity contribution < 1.29 is 4.74 Å². The lowest BCUT2D eigenvalue weighted by atomic mass is 10.1. The van der Waals surface area contributed by atoms with Gasteiger partial charge >= 0.3 is 0 Å². The molecule has 0 unspecified atom stereocenters. The largest absolute Gasteiger partial charge is 0.496 e. The van der Waals surface area contributed by atoms with Gasteiger partial charge in [0.05, 0.1) is 18.8 Å². The molecule has 3 aromatic rings. The number of anilines is 1. The van der Waals surface area contributed by atoms with Crippen LogP contribution in [0.2, 0.25) is 0 Å². The Hall–Kier alpha value is -2.33. The van der Waals surface area contributed by atoms with Crippen LogP contribution in [-0.2, 0) is 0 Å². The van der Waals surface area contributed by atoms with Crippen molar-refractivity contribution >= 4 is 16.5 Å². The Bertz CT molecular complexity index is 740. The van der Waals surface area contributed by atoms with Crippen LogP contribution < -0.4 is 10.1 Å². The van der Waals surface area contributed by atoms with Gasteiger partial charge in [0, 0.05) is 10.9 Å². The smallest absolute Gasteiger partial charge is 0.183 e. The van der Waals surface area contributed by atoms with Gasteiger partial charge in [-0.05, 0) is 24.6 Å². The fourth-order valence-electron chi connectivity index (χ4n) is 2.33. The predicted octanol–water partition coefficient (Wildman–Crippen LogP) is 4.99. The van der Waals surface area contributed by atoms with Crippen molar-refractivity contribution in [3.63, 3.8) is 0 Å². The molecule has 0 aliphatic rings. The molecule has 1 aromatic heterocycles. The molecule has 4 heteroatoms. The molecule has 0 aliphatic carbocycles. The molecular formula is C18H18N2OS. The lowest BCUT2D eigenvalue weighted by molar-refractivity contribution is 0.416. The summed E-state index contributed by atoms with van der Waals surface area (Å²) in [4.78, 5) is 4.68. The average molecular weight is 310 g/mol. The van der Waals surface area contributed by atoms with Gasteiger partial charge in [-0.1, -0.05) is 42.5 Å². The molecule has 1 N–H and O–H groups in total. The van der Waals surface area contributed by atoms with Crippen molar-refractivity contribution in [3.8, 4) is 17.0 Å². The van der Waals surface area contributed by atoms with Gasteiger partial charge < -0.3 is 10.1 Å². The second-order valence-corrected chi connectivity index (χ2v) is 5.87. The van der Waals surface area contributed by atoms with Crippen LogP contribution in [0.25, 0.3) is 11.3 Å². The molecule has 0 bridgehead atoms. The quantitative estimate of drug-likeness (QED) is 0.720. The van der Waals surface area contributed by atoms with Crippen LogP contribution in [0.15, 0.2) is 60.0 Å². The van der Waals surface area contributed by atoms with Crippen molar-refractivity contribution in [3.05, 3.63) is 65.5 Å². The Balaban J connectivity index is 1.79. The predicted molar refractivity (Wildman–Crippen MR) is 92.6 cm³/mol. The van der Waals surface area contributed by atoms with Gasteiger partial charge in [-0.2, -0.15) is 0 Å². The van der Waals surface area contributed by atoms with E-state index in [2.05, 4.69) is 46.9 Å². The van der Waals surface area contributed by atoms with E-state index >= 15 is 0 Å². The summed E-state index contributed by atoms with van der Waals surface area (Å²) >= 11 is 1.61. The van der Waals surface area contributed by atoms with E-state index in [0.29, 0.717) is 0 Å². The standard InChI is InChI=1S/C18H18N2OS/c1-13(14-8-4-3-5-9-14)19-18-20-16(12-22-18)15-10-6-7-11-17(15)21-2/h3-13H,1-2H3,(H,19,20)/t13-/m0/s1. The fraction of sp³-hybridized carbons (Fsp3) is 0.167. The van der Waals surface area contributed by atoms with E-state index in [-0.39, 0.29) is 6.04 Å². The molecule has 3 rings (SSSR count). The number of nitrogens with zero attached hydrogens (tertiary/aromatic N) is 1. The summed E-state index contributed by atoms with van der Waals surface area (Å²) in [6.07, 6.45) is 0. The van der Waals surface area contributed by atoms with Gasteiger partial charge in [0.15, 0.2) is 5.13 Å². The number of methoxy groups -OCH3 is 1. The molecule has 1 heterocycles. The molecule has 0 spiro atoms. The van der Waals surface area contributed by atoms with Crippen LogP contribution in [0.3, 0.4) is 0 Å².